The third-order valence-corrected chi connectivity index (χ3v) is 6.84. The highest BCUT2D eigenvalue weighted by atomic mass is 32.2. The largest absolute Gasteiger partial charge is 0.497 e. The molecule has 1 N–H and O–H groups in total. The van der Waals surface area contributed by atoms with Crippen LogP contribution in [0.5, 0.6) is 11.5 Å². The summed E-state index contributed by atoms with van der Waals surface area (Å²) in [6.45, 7) is 3.20. The molecule has 0 aromatic heterocycles. The van der Waals surface area contributed by atoms with Gasteiger partial charge in [0, 0.05) is 51.3 Å². The maximum absolute atomic E-state index is 13.0. The fraction of sp³-hybridized carbons (Fsp3) is 0.409. The molecule has 1 amide bonds. The molecule has 0 spiro atoms. The van der Waals surface area contributed by atoms with Gasteiger partial charge < -0.3 is 14.4 Å². The van der Waals surface area contributed by atoms with Crippen molar-refractivity contribution < 1.29 is 27.1 Å². The maximum Gasteiger partial charge on any atom is 0.240 e. The zero-order valence-corrected chi connectivity index (χ0v) is 19.0. The van der Waals surface area contributed by atoms with E-state index in [-0.39, 0.29) is 23.8 Å². The second-order valence-electron chi connectivity index (χ2n) is 7.44. The lowest BCUT2D eigenvalue weighted by molar-refractivity contribution is -0.132. The third-order valence-electron chi connectivity index (χ3n) is 5.36. The Bertz CT molecular complexity index is 1020. The molecular formula is C22H28FN3O5S. The average molecular weight is 466 g/mol. The molecule has 0 bridgehead atoms. The summed E-state index contributed by atoms with van der Waals surface area (Å²) in [7, 11) is -0.525. The van der Waals surface area contributed by atoms with Crippen LogP contribution in [0.25, 0.3) is 0 Å². The van der Waals surface area contributed by atoms with Crippen LogP contribution in [0.4, 0.5) is 4.39 Å². The van der Waals surface area contributed by atoms with Crippen molar-refractivity contribution in [2.45, 2.75) is 17.9 Å². The lowest BCUT2D eigenvalue weighted by atomic mass is 10.1. The number of carbonyl (C=O) groups excluding carboxylic acids is 1. The van der Waals surface area contributed by atoms with Crippen molar-refractivity contribution in [3.05, 3.63) is 53.8 Å². The van der Waals surface area contributed by atoms with Crippen molar-refractivity contribution in [3.8, 4) is 11.5 Å². The van der Waals surface area contributed by atoms with E-state index in [4.69, 9.17) is 9.47 Å². The van der Waals surface area contributed by atoms with Crippen molar-refractivity contribution in [2.24, 2.45) is 0 Å². The third kappa shape index (κ3) is 6.18. The number of piperazine rings is 1. The Kier molecular flexibility index (Phi) is 8.05. The lowest BCUT2D eigenvalue weighted by Gasteiger charge is -2.35. The van der Waals surface area contributed by atoms with Crippen molar-refractivity contribution in [1.82, 2.24) is 14.5 Å². The summed E-state index contributed by atoms with van der Waals surface area (Å²) in [6, 6.07) is 10.2. The number of rotatable bonds is 9. The van der Waals surface area contributed by atoms with Crippen molar-refractivity contribution in [2.75, 3.05) is 46.9 Å². The molecule has 2 aromatic carbocycles. The Labute approximate surface area is 188 Å². The Morgan fingerprint density at radius 3 is 2.34 bits per heavy atom. The van der Waals surface area contributed by atoms with E-state index in [0.29, 0.717) is 32.7 Å². The molecule has 10 heteroatoms. The number of hydrogen-bond acceptors (Lipinski definition) is 6. The number of ether oxygens (including phenoxy) is 2. The predicted octanol–water partition coefficient (Wildman–Crippen LogP) is 1.86. The SMILES string of the molecule is COc1ccc(OC)c(CN2CCN(C(=O)CCNS(=O)(=O)c3ccc(F)cc3)CC2)c1. The molecule has 1 saturated heterocycles. The van der Waals surface area contributed by atoms with E-state index in [1.54, 1.807) is 19.1 Å². The minimum Gasteiger partial charge on any atom is -0.497 e. The number of halogens is 1. The van der Waals surface area contributed by atoms with E-state index >= 15 is 0 Å². The zero-order chi connectivity index (χ0) is 23.1. The molecule has 32 heavy (non-hydrogen) atoms. The van der Waals surface area contributed by atoms with E-state index in [1.807, 2.05) is 18.2 Å². The quantitative estimate of drug-likeness (QED) is 0.608. The molecule has 1 heterocycles. The highest BCUT2D eigenvalue weighted by Gasteiger charge is 2.22. The van der Waals surface area contributed by atoms with Crippen LogP contribution in [0.15, 0.2) is 47.4 Å². The number of amides is 1. The highest BCUT2D eigenvalue weighted by molar-refractivity contribution is 7.89. The number of hydrogen-bond donors (Lipinski definition) is 1. The normalized spacial score (nSPS) is 14.9. The van der Waals surface area contributed by atoms with Gasteiger partial charge in [-0.25, -0.2) is 17.5 Å². The van der Waals surface area contributed by atoms with Crippen LogP contribution >= 0.6 is 0 Å². The molecule has 1 fully saturated rings. The van der Waals surface area contributed by atoms with E-state index < -0.39 is 15.8 Å². The van der Waals surface area contributed by atoms with Crippen LogP contribution < -0.4 is 14.2 Å². The molecule has 1 aliphatic rings. The number of methoxy groups -OCH3 is 2. The molecule has 8 nitrogen and oxygen atoms in total. The molecule has 174 valence electrons. The maximum atomic E-state index is 13.0. The van der Waals surface area contributed by atoms with Crippen LogP contribution in [-0.4, -0.2) is 71.1 Å². The van der Waals surface area contributed by atoms with Gasteiger partial charge in [-0.3, -0.25) is 9.69 Å². The summed E-state index contributed by atoms with van der Waals surface area (Å²) in [5.74, 6) is 0.934. The number of nitrogens with one attached hydrogen (secondary N) is 1. The van der Waals surface area contributed by atoms with Crippen LogP contribution in [0.2, 0.25) is 0 Å². The van der Waals surface area contributed by atoms with E-state index in [0.717, 1.165) is 29.2 Å². The summed E-state index contributed by atoms with van der Waals surface area (Å²) in [5, 5.41) is 0. The number of benzene rings is 2. The Hall–Kier alpha value is -2.69. The monoisotopic (exact) mass is 465 g/mol. The first-order chi connectivity index (χ1) is 15.3. The Balaban J connectivity index is 1.46. The van der Waals surface area contributed by atoms with Crippen molar-refractivity contribution in [1.29, 1.82) is 0 Å². The van der Waals surface area contributed by atoms with Gasteiger partial charge in [0.05, 0.1) is 19.1 Å². The van der Waals surface area contributed by atoms with Gasteiger partial charge in [-0.05, 0) is 42.5 Å². The second kappa shape index (κ2) is 10.8. The van der Waals surface area contributed by atoms with Gasteiger partial charge in [-0.15, -0.1) is 0 Å². The second-order valence-corrected chi connectivity index (χ2v) is 9.20. The topological polar surface area (TPSA) is 88.2 Å². The van der Waals surface area contributed by atoms with Crippen LogP contribution in [-0.2, 0) is 21.4 Å². The summed E-state index contributed by atoms with van der Waals surface area (Å²) >= 11 is 0. The summed E-state index contributed by atoms with van der Waals surface area (Å²) < 4.78 is 50.6. The summed E-state index contributed by atoms with van der Waals surface area (Å²) in [4.78, 5) is 16.4. The Morgan fingerprint density at radius 1 is 1.03 bits per heavy atom. The van der Waals surface area contributed by atoms with Gasteiger partial charge in [0.15, 0.2) is 0 Å². The molecule has 2 aromatic rings. The molecule has 0 atom stereocenters. The standard InChI is InChI=1S/C22H28FN3O5S/c1-30-19-5-8-21(31-2)17(15-19)16-25-11-13-26(14-12-25)22(27)9-10-24-32(28,29)20-6-3-18(23)4-7-20/h3-8,15,24H,9-14,16H2,1-2H3. The van der Waals surface area contributed by atoms with Gasteiger partial charge in [-0.2, -0.15) is 0 Å². The van der Waals surface area contributed by atoms with E-state index in [1.165, 1.54) is 12.1 Å². The first-order valence-electron chi connectivity index (χ1n) is 10.3. The van der Waals surface area contributed by atoms with E-state index in [2.05, 4.69) is 9.62 Å². The molecular weight excluding hydrogens is 437 g/mol. The fourth-order valence-electron chi connectivity index (χ4n) is 3.55. The van der Waals surface area contributed by atoms with E-state index in [9.17, 15) is 17.6 Å². The minimum absolute atomic E-state index is 0.0141. The van der Waals surface area contributed by atoms with Crippen molar-refractivity contribution >= 4 is 15.9 Å². The lowest BCUT2D eigenvalue weighted by Crippen LogP contribution is -2.48. The Morgan fingerprint density at radius 2 is 1.72 bits per heavy atom. The highest BCUT2D eigenvalue weighted by Crippen LogP contribution is 2.25. The molecule has 0 unspecified atom stereocenters. The molecule has 1 aliphatic heterocycles. The number of nitrogens with zero attached hydrogens (tertiary/aromatic N) is 2. The van der Waals surface area contributed by atoms with Gasteiger partial charge in [-0.1, -0.05) is 0 Å². The molecule has 0 saturated carbocycles. The number of sulfonamides is 1. The van der Waals surface area contributed by atoms with Gasteiger partial charge in [0.25, 0.3) is 0 Å². The minimum atomic E-state index is -3.78. The van der Waals surface area contributed by atoms with Gasteiger partial charge >= 0.3 is 0 Å². The van der Waals surface area contributed by atoms with Crippen molar-refractivity contribution in [3.63, 3.8) is 0 Å². The molecule has 0 aliphatic carbocycles. The predicted molar refractivity (Wildman–Crippen MR) is 118 cm³/mol. The smallest absolute Gasteiger partial charge is 0.240 e. The van der Waals surface area contributed by atoms with Gasteiger partial charge in [0.1, 0.15) is 17.3 Å². The first-order valence-corrected chi connectivity index (χ1v) is 11.8. The summed E-state index contributed by atoms with van der Waals surface area (Å²) in [6.07, 6.45) is 0.0597. The fourth-order valence-corrected chi connectivity index (χ4v) is 4.58. The molecule has 3 rings (SSSR count). The zero-order valence-electron chi connectivity index (χ0n) is 18.2. The molecule has 0 radical (unpaired) electrons. The first kappa shape index (κ1) is 24.0. The average Bonchev–Trinajstić information content (AvgIpc) is 2.79. The van der Waals surface area contributed by atoms with Crippen LogP contribution in [0.1, 0.15) is 12.0 Å². The number of carbonyl (C=O) groups is 1. The van der Waals surface area contributed by atoms with Crippen LogP contribution in [0, 0.1) is 5.82 Å². The van der Waals surface area contributed by atoms with Gasteiger partial charge in [0.2, 0.25) is 15.9 Å². The van der Waals surface area contributed by atoms with Crippen LogP contribution in [0.3, 0.4) is 0 Å². The summed E-state index contributed by atoms with van der Waals surface area (Å²) in [5.41, 5.74) is 1.02.